The average molecular weight is 348 g/mol. The van der Waals surface area contributed by atoms with Crippen molar-refractivity contribution in [1.29, 1.82) is 0 Å². The van der Waals surface area contributed by atoms with Crippen LogP contribution in [0.4, 0.5) is 0 Å². The standard InChI is InChI=1S/C22H28N4/c1-20-12-18(16-8-4-6-10-23-16)26-19(17-9-5-7-11-24-17)25-21(2,13-20)15-22(26,3)14-20/h4-11,18-19,25H,12-15H2,1-3H3/t18-,19-,20+,21-,22+/m1/s1. The van der Waals surface area contributed by atoms with Crippen LogP contribution in [0.1, 0.15) is 70.0 Å². The maximum atomic E-state index is 4.76. The van der Waals surface area contributed by atoms with Gasteiger partial charge in [0, 0.05) is 23.5 Å². The van der Waals surface area contributed by atoms with Crippen molar-refractivity contribution in [2.75, 3.05) is 0 Å². The van der Waals surface area contributed by atoms with Crippen molar-refractivity contribution in [3.8, 4) is 0 Å². The topological polar surface area (TPSA) is 41.1 Å². The number of hydrogen-bond donors (Lipinski definition) is 1. The van der Waals surface area contributed by atoms with E-state index < -0.39 is 0 Å². The average Bonchev–Trinajstić information content (AvgIpc) is 2.59. The van der Waals surface area contributed by atoms with Crippen LogP contribution in [0.2, 0.25) is 0 Å². The number of aromatic nitrogens is 2. The van der Waals surface area contributed by atoms with E-state index in [1.807, 2.05) is 24.5 Å². The maximum Gasteiger partial charge on any atom is 0.105 e. The summed E-state index contributed by atoms with van der Waals surface area (Å²) in [5.41, 5.74) is 2.99. The van der Waals surface area contributed by atoms with E-state index in [9.17, 15) is 0 Å². The lowest BCUT2D eigenvalue weighted by molar-refractivity contribution is -0.184. The maximum absolute atomic E-state index is 4.76. The van der Waals surface area contributed by atoms with Crippen molar-refractivity contribution >= 4 is 0 Å². The molecule has 0 aromatic carbocycles. The molecule has 1 N–H and O–H groups in total. The van der Waals surface area contributed by atoms with Gasteiger partial charge in [-0.3, -0.25) is 20.2 Å². The quantitative estimate of drug-likeness (QED) is 0.882. The molecule has 3 fully saturated rings. The van der Waals surface area contributed by atoms with E-state index in [1.165, 1.54) is 31.4 Å². The number of rotatable bonds is 2. The molecule has 0 unspecified atom stereocenters. The summed E-state index contributed by atoms with van der Waals surface area (Å²) in [6.07, 6.45) is 8.80. The molecule has 2 aliphatic heterocycles. The lowest BCUT2D eigenvalue weighted by Gasteiger charge is -2.69. The molecule has 136 valence electrons. The highest BCUT2D eigenvalue weighted by molar-refractivity contribution is 5.25. The van der Waals surface area contributed by atoms with Crippen molar-refractivity contribution in [2.45, 2.75) is 69.7 Å². The monoisotopic (exact) mass is 348 g/mol. The molecule has 0 amide bonds. The molecule has 5 atom stereocenters. The van der Waals surface area contributed by atoms with Crippen LogP contribution in [-0.4, -0.2) is 25.9 Å². The Bertz CT molecular complexity index is 736. The molecule has 4 heteroatoms. The largest absolute Gasteiger partial charge is 0.291 e. The Balaban J connectivity index is 1.67. The van der Waals surface area contributed by atoms with Crippen LogP contribution in [0.3, 0.4) is 0 Å². The Hall–Kier alpha value is -1.78. The normalized spacial score (nSPS) is 42.0. The Morgan fingerprint density at radius 2 is 1.62 bits per heavy atom. The highest BCUT2D eigenvalue weighted by Gasteiger charge is 2.62. The van der Waals surface area contributed by atoms with Crippen molar-refractivity contribution in [3.05, 3.63) is 60.2 Å². The van der Waals surface area contributed by atoms with Gasteiger partial charge in [0.2, 0.25) is 0 Å². The molecule has 4 heterocycles. The molecule has 3 bridgehead atoms. The molecular formula is C22H28N4. The van der Waals surface area contributed by atoms with Crippen molar-refractivity contribution in [1.82, 2.24) is 20.2 Å². The van der Waals surface area contributed by atoms with Crippen molar-refractivity contribution < 1.29 is 0 Å². The van der Waals surface area contributed by atoms with Crippen LogP contribution in [0.5, 0.6) is 0 Å². The van der Waals surface area contributed by atoms with Gasteiger partial charge in [0.15, 0.2) is 0 Å². The van der Waals surface area contributed by atoms with E-state index in [1.54, 1.807) is 0 Å². The molecule has 1 saturated carbocycles. The number of hydrogen-bond acceptors (Lipinski definition) is 4. The van der Waals surface area contributed by atoms with Crippen LogP contribution in [-0.2, 0) is 0 Å². The number of piperidine rings is 1. The van der Waals surface area contributed by atoms with E-state index in [2.05, 4.69) is 55.3 Å². The first-order valence-electron chi connectivity index (χ1n) is 9.78. The Labute approximate surface area is 156 Å². The molecule has 2 saturated heterocycles. The zero-order chi connectivity index (χ0) is 18.0. The van der Waals surface area contributed by atoms with Crippen LogP contribution >= 0.6 is 0 Å². The fraction of sp³-hybridized carbons (Fsp3) is 0.545. The summed E-state index contributed by atoms with van der Waals surface area (Å²) in [5, 5.41) is 3.99. The minimum atomic E-state index is 0.136. The second-order valence-electron chi connectivity index (χ2n) is 9.58. The SMILES string of the molecule is C[C@]12C[C@H](c3ccccn3)N3[C@H](c4ccccn4)N[C@](C)(C1)C[C@]3(C)C2. The summed E-state index contributed by atoms with van der Waals surface area (Å²) in [7, 11) is 0. The van der Waals surface area contributed by atoms with Crippen LogP contribution in [0.25, 0.3) is 0 Å². The third-order valence-electron chi connectivity index (χ3n) is 6.80. The van der Waals surface area contributed by atoms with Crippen LogP contribution < -0.4 is 5.32 Å². The van der Waals surface area contributed by atoms with Gasteiger partial charge in [0.1, 0.15) is 6.17 Å². The summed E-state index contributed by atoms with van der Waals surface area (Å²) in [4.78, 5) is 12.2. The molecule has 0 radical (unpaired) electrons. The van der Waals surface area contributed by atoms with E-state index in [0.717, 1.165) is 5.69 Å². The van der Waals surface area contributed by atoms with Crippen molar-refractivity contribution in [2.24, 2.45) is 5.41 Å². The van der Waals surface area contributed by atoms with Gasteiger partial charge in [-0.2, -0.15) is 0 Å². The summed E-state index contributed by atoms with van der Waals surface area (Å²) in [5.74, 6) is 0. The smallest absolute Gasteiger partial charge is 0.105 e. The first-order chi connectivity index (χ1) is 12.4. The number of nitrogens with one attached hydrogen (secondary N) is 1. The zero-order valence-corrected chi connectivity index (χ0v) is 15.9. The second kappa shape index (κ2) is 5.37. The molecule has 26 heavy (non-hydrogen) atoms. The molecule has 5 rings (SSSR count). The molecule has 0 spiro atoms. The molecular weight excluding hydrogens is 320 g/mol. The molecule has 4 nitrogen and oxygen atoms in total. The number of nitrogens with zero attached hydrogens (tertiary/aromatic N) is 3. The summed E-state index contributed by atoms with van der Waals surface area (Å²) >= 11 is 0. The third kappa shape index (κ3) is 2.43. The van der Waals surface area contributed by atoms with E-state index in [-0.39, 0.29) is 17.2 Å². The number of pyridine rings is 2. The van der Waals surface area contributed by atoms with Gasteiger partial charge < -0.3 is 0 Å². The van der Waals surface area contributed by atoms with E-state index >= 15 is 0 Å². The van der Waals surface area contributed by atoms with Crippen LogP contribution in [0, 0.1) is 5.41 Å². The molecule has 3 aliphatic rings. The van der Waals surface area contributed by atoms with Gasteiger partial charge in [-0.05, 0) is 69.2 Å². The Kier molecular flexibility index (Phi) is 3.38. The van der Waals surface area contributed by atoms with Gasteiger partial charge in [0.05, 0.1) is 17.4 Å². The van der Waals surface area contributed by atoms with Gasteiger partial charge in [-0.15, -0.1) is 0 Å². The third-order valence-corrected chi connectivity index (χ3v) is 6.80. The second-order valence-corrected chi connectivity index (χ2v) is 9.58. The Morgan fingerprint density at radius 1 is 0.923 bits per heavy atom. The van der Waals surface area contributed by atoms with Crippen LogP contribution in [0.15, 0.2) is 48.8 Å². The van der Waals surface area contributed by atoms with Gasteiger partial charge >= 0.3 is 0 Å². The fourth-order valence-corrected chi connectivity index (χ4v) is 6.73. The predicted molar refractivity (Wildman–Crippen MR) is 102 cm³/mol. The summed E-state index contributed by atoms with van der Waals surface area (Å²) < 4.78 is 0. The Morgan fingerprint density at radius 3 is 2.27 bits per heavy atom. The van der Waals surface area contributed by atoms with Gasteiger partial charge in [0.25, 0.3) is 0 Å². The minimum Gasteiger partial charge on any atom is -0.291 e. The summed E-state index contributed by atoms with van der Waals surface area (Å²) in [6, 6.07) is 12.9. The predicted octanol–water partition coefficient (Wildman–Crippen LogP) is 4.23. The van der Waals surface area contributed by atoms with E-state index in [4.69, 9.17) is 9.97 Å². The lowest BCUT2D eigenvalue weighted by Crippen LogP contribution is -2.74. The van der Waals surface area contributed by atoms with Gasteiger partial charge in [-0.1, -0.05) is 19.1 Å². The zero-order valence-electron chi connectivity index (χ0n) is 15.9. The van der Waals surface area contributed by atoms with E-state index in [0.29, 0.717) is 11.5 Å². The number of fused-ring (bicyclic) bond motifs is 2. The highest BCUT2D eigenvalue weighted by Crippen LogP contribution is 2.62. The van der Waals surface area contributed by atoms with Gasteiger partial charge in [-0.25, -0.2) is 0 Å². The minimum absolute atomic E-state index is 0.136. The molecule has 2 aromatic heterocycles. The first kappa shape index (κ1) is 16.4. The fourth-order valence-electron chi connectivity index (χ4n) is 6.73. The van der Waals surface area contributed by atoms with Crippen molar-refractivity contribution in [3.63, 3.8) is 0 Å². The summed E-state index contributed by atoms with van der Waals surface area (Å²) in [6.45, 7) is 7.37. The highest BCUT2D eigenvalue weighted by atomic mass is 15.4. The lowest BCUT2D eigenvalue weighted by atomic mass is 9.53. The molecule has 2 aromatic rings. The first-order valence-corrected chi connectivity index (χ1v) is 9.78. The molecule has 1 aliphatic carbocycles.